The summed E-state index contributed by atoms with van der Waals surface area (Å²) in [6.45, 7) is 5.02. The van der Waals surface area contributed by atoms with E-state index in [1.807, 2.05) is 0 Å². The molecule has 10 heteroatoms. The zero-order valence-electron chi connectivity index (χ0n) is 18.9. The number of hydrogen-bond donors (Lipinski definition) is 1. The van der Waals surface area contributed by atoms with E-state index in [1.165, 1.54) is 26.4 Å². The van der Waals surface area contributed by atoms with E-state index in [0.29, 0.717) is 22.1 Å². The van der Waals surface area contributed by atoms with Gasteiger partial charge in [-0.2, -0.15) is 4.98 Å². The Hall–Kier alpha value is -3.59. The van der Waals surface area contributed by atoms with Crippen LogP contribution in [0.4, 0.5) is 5.69 Å². The van der Waals surface area contributed by atoms with E-state index in [-0.39, 0.29) is 35.5 Å². The summed E-state index contributed by atoms with van der Waals surface area (Å²) in [6, 6.07) is 9.94. The van der Waals surface area contributed by atoms with Crippen molar-refractivity contribution in [3.05, 3.63) is 52.8 Å². The van der Waals surface area contributed by atoms with Crippen LogP contribution in [-0.2, 0) is 16.1 Å². The first kappa shape index (κ1) is 24.1. The van der Waals surface area contributed by atoms with Crippen LogP contribution in [0.2, 0.25) is 5.02 Å². The fraction of sp³-hybridized carbons (Fsp3) is 0.304. The van der Waals surface area contributed by atoms with Crippen molar-refractivity contribution in [2.24, 2.45) is 5.41 Å². The Morgan fingerprint density at radius 3 is 2.39 bits per heavy atom. The van der Waals surface area contributed by atoms with Gasteiger partial charge in [0.25, 0.3) is 5.89 Å². The van der Waals surface area contributed by atoms with Crippen LogP contribution in [0.1, 0.15) is 37.0 Å². The number of nitrogens with zero attached hydrogens (tertiary/aromatic N) is 2. The standard InChI is InChI=1S/C23H24ClN3O6/c1-23(2,3)22(29)25-16-11-18(31-5)17(30-4)10-14(16)21(28)32-12-19-26-20(33-27-19)13-8-6-7-9-15(13)24/h6-11H,12H2,1-5H3,(H,25,29). The maximum Gasteiger partial charge on any atom is 0.340 e. The molecular formula is C23H24ClN3O6. The SMILES string of the molecule is COc1cc(NC(=O)C(C)(C)C)c(C(=O)OCc2noc(-c3ccccc3Cl)n2)cc1OC. The third-order valence-corrected chi connectivity index (χ3v) is 4.91. The Bertz CT molecular complexity index is 1170. The second-order valence-corrected chi connectivity index (χ2v) is 8.44. The number of rotatable bonds is 7. The molecule has 0 bridgehead atoms. The Morgan fingerprint density at radius 1 is 1.09 bits per heavy atom. The number of nitrogens with one attached hydrogen (secondary N) is 1. The van der Waals surface area contributed by atoms with Crippen molar-refractivity contribution in [2.45, 2.75) is 27.4 Å². The lowest BCUT2D eigenvalue weighted by Gasteiger charge is -2.20. The molecule has 3 rings (SSSR count). The molecule has 0 aliphatic rings. The van der Waals surface area contributed by atoms with Crippen LogP contribution in [-0.4, -0.2) is 36.2 Å². The van der Waals surface area contributed by atoms with Crippen molar-refractivity contribution in [3.8, 4) is 23.0 Å². The fourth-order valence-electron chi connectivity index (χ4n) is 2.73. The molecule has 0 unspecified atom stereocenters. The van der Waals surface area contributed by atoms with Crippen molar-refractivity contribution in [2.75, 3.05) is 19.5 Å². The molecule has 0 radical (unpaired) electrons. The number of hydrogen-bond acceptors (Lipinski definition) is 8. The molecule has 33 heavy (non-hydrogen) atoms. The molecule has 1 N–H and O–H groups in total. The summed E-state index contributed by atoms with van der Waals surface area (Å²) < 4.78 is 21.2. The van der Waals surface area contributed by atoms with Gasteiger partial charge in [0, 0.05) is 17.5 Å². The number of anilines is 1. The quantitative estimate of drug-likeness (QED) is 0.489. The highest BCUT2D eigenvalue weighted by Crippen LogP contribution is 2.35. The first-order chi connectivity index (χ1) is 15.6. The molecular weight excluding hydrogens is 450 g/mol. The molecule has 0 saturated carbocycles. The molecule has 174 valence electrons. The van der Waals surface area contributed by atoms with E-state index in [2.05, 4.69) is 15.5 Å². The molecule has 0 atom stereocenters. The summed E-state index contributed by atoms with van der Waals surface area (Å²) in [5.41, 5.74) is 0.187. The van der Waals surface area contributed by atoms with Crippen molar-refractivity contribution < 1.29 is 28.3 Å². The lowest BCUT2D eigenvalue weighted by Crippen LogP contribution is -2.28. The van der Waals surface area contributed by atoms with Gasteiger partial charge in [0.1, 0.15) is 0 Å². The lowest BCUT2D eigenvalue weighted by molar-refractivity contribution is -0.123. The second kappa shape index (κ2) is 9.91. The maximum atomic E-state index is 12.9. The van der Waals surface area contributed by atoms with Crippen LogP contribution in [0.15, 0.2) is 40.9 Å². The lowest BCUT2D eigenvalue weighted by atomic mass is 9.95. The van der Waals surface area contributed by atoms with E-state index in [1.54, 1.807) is 45.0 Å². The minimum atomic E-state index is -0.718. The number of halogens is 1. The van der Waals surface area contributed by atoms with Crippen LogP contribution < -0.4 is 14.8 Å². The Balaban J connectivity index is 1.82. The predicted molar refractivity (Wildman–Crippen MR) is 121 cm³/mol. The highest BCUT2D eigenvalue weighted by Gasteiger charge is 2.26. The van der Waals surface area contributed by atoms with E-state index in [9.17, 15) is 9.59 Å². The average Bonchev–Trinajstić information content (AvgIpc) is 3.25. The van der Waals surface area contributed by atoms with Gasteiger partial charge in [0.15, 0.2) is 18.1 Å². The molecule has 0 spiro atoms. The summed E-state index contributed by atoms with van der Waals surface area (Å²) >= 11 is 6.15. The van der Waals surface area contributed by atoms with Crippen LogP contribution in [0.25, 0.3) is 11.5 Å². The van der Waals surface area contributed by atoms with Crippen molar-refractivity contribution in [3.63, 3.8) is 0 Å². The summed E-state index contributed by atoms with van der Waals surface area (Å²) in [5.74, 6) is 0.00470. The Kier molecular flexibility index (Phi) is 7.23. The summed E-state index contributed by atoms with van der Waals surface area (Å²) in [5, 5.41) is 7.03. The summed E-state index contributed by atoms with van der Waals surface area (Å²) in [7, 11) is 2.90. The number of carbonyl (C=O) groups is 2. The normalized spacial score (nSPS) is 11.1. The van der Waals surface area contributed by atoms with E-state index < -0.39 is 11.4 Å². The van der Waals surface area contributed by atoms with Gasteiger partial charge in [-0.15, -0.1) is 0 Å². The number of aromatic nitrogens is 2. The van der Waals surface area contributed by atoms with Gasteiger partial charge in [-0.05, 0) is 12.1 Å². The number of benzene rings is 2. The number of esters is 1. The molecule has 3 aromatic rings. The average molecular weight is 474 g/mol. The number of amides is 1. The predicted octanol–water partition coefficient (Wildman–Crippen LogP) is 4.75. The Labute approximate surface area is 196 Å². The van der Waals surface area contributed by atoms with Gasteiger partial charge in [0.2, 0.25) is 11.7 Å². The summed E-state index contributed by atoms with van der Waals surface area (Å²) in [6.07, 6.45) is 0. The van der Waals surface area contributed by atoms with E-state index >= 15 is 0 Å². The monoisotopic (exact) mass is 473 g/mol. The summed E-state index contributed by atoms with van der Waals surface area (Å²) in [4.78, 5) is 29.6. The topological polar surface area (TPSA) is 113 Å². The second-order valence-electron chi connectivity index (χ2n) is 8.03. The van der Waals surface area contributed by atoms with E-state index in [4.69, 9.17) is 30.3 Å². The molecule has 1 aromatic heterocycles. The van der Waals surface area contributed by atoms with Crippen LogP contribution in [0, 0.1) is 5.41 Å². The largest absolute Gasteiger partial charge is 0.493 e. The van der Waals surface area contributed by atoms with Crippen molar-refractivity contribution in [1.82, 2.24) is 10.1 Å². The van der Waals surface area contributed by atoms with Gasteiger partial charge < -0.3 is 24.1 Å². The van der Waals surface area contributed by atoms with Gasteiger partial charge >= 0.3 is 5.97 Å². The maximum absolute atomic E-state index is 12.9. The molecule has 1 amide bonds. The van der Waals surface area contributed by atoms with Crippen molar-refractivity contribution >= 4 is 29.2 Å². The molecule has 9 nitrogen and oxygen atoms in total. The Morgan fingerprint density at radius 2 is 1.76 bits per heavy atom. The fourth-order valence-corrected chi connectivity index (χ4v) is 2.94. The zero-order chi connectivity index (χ0) is 24.2. The third kappa shape index (κ3) is 5.61. The van der Waals surface area contributed by atoms with Gasteiger partial charge in [-0.3, -0.25) is 4.79 Å². The van der Waals surface area contributed by atoms with Crippen molar-refractivity contribution in [1.29, 1.82) is 0 Å². The minimum Gasteiger partial charge on any atom is -0.493 e. The number of methoxy groups -OCH3 is 2. The molecule has 0 saturated heterocycles. The minimum absolute atomic E-state index is 0.0834. The molecule has 0 aliphatic carbocycles. The first-order valence-electron chi connectivity index (χ1n) is 9.96. The molecule has 2 aromatic carbocycles. The number of carbonyl (C=O) groups excluding carboxylic acids is 2. The van der Waals surface area contributed by atoms with E-state index in [0.717, 1.165) is 0 Å². The molecule has 0 fully saturated rings. The molecule has 0 aliphatic heterocycles. The van der Waals surface area contributed by atoms with Crippen LogP contribution >= 0.6 is 11.6 Å². The smallest absolute Gasteiger partial charge is 0.340 e. The van der Waals surface area contributed by atoms with Gasteiger partial charge in [0.05, 0.1) is 36.1 Å². The third-order valence-electron chi connectivity index (χ3n) is 4.58. The highest BCUT2D eigenvalue weighted by molar-refractivity contribution is 6.33. The highest BCUT2D eigenvalue weighted by atomic mass is 35.5. The number of ether oxygens (including phenoxy) is 3. The molecule has 1 heterocycles. The van der Waals surface area contributed by atoms with Gasteiger partial charge in [-0.25, -0.2) is 4.79 Å². The van der Waals surface area contributed by atoms with Crippen LogP contribution in [0.5, 0.6) is 11.5 Å². The zero-order valence-corrected chi connectivity index (χ0v) is 19.6. The first-order valence-corrected chi connectivity index (χ1v) is 10.3. The van der Waals surface area contributed by atoms with Crippen LogP contribution in [0.3, 0.4) is 0 Å². The van der Waals surface area contributed by atoms with Gasteiger partial charge in [-0.1, -0.05) is 49.7 Å².